The van der Waals surface area contributed by atoms with Crippen molar-refractivity contribution in [3.05, 3.63) is 71.8 Å². The molecule has 0 saturated heterocycles. The lowest BCUT2D eigenvalue weighted by atomic mass is 10.1. The molecule has 1 aliphatic rings. The van der Waals surface area contributed by atoms with Gasteiger partial charge in [-0.15, -0.1) is 0 Å². The Bertz CT molecular complexity index is 1170. The number of hydrogen-bond donors (Lipinski definition) is 1. The average Bonchev–Trinajstić information content (AvgIpc) is 3.41. The zero-order chi connectivity index (χ0) is 19.8. The number of amides is 1. The molecule has 7 heteroatoms. The van der Waals surface area contributed by atoms with E-state index in [-0.39, 0.29) is 12.5 Å². The second kappa shape index (κ2) is 7.16. The highest BCUT2D eigenvalue weighted by Crippen LogP contribution is 2.43. The van der Waals surface area contributed by atoms with Gasteiger partial charge in [-0.2, -0.15) is 10.2 Å². The Hall–Kier alpha value is -3.48. The SMILES string of the molecule is Cc1nn(CC(=O)Nc2cnn(Cc3ccccc3)c2)c2nccc(C3CC3)c12. The number of benzene rings is 1. The number of fused-ring (bicyclic) bond motifs is 1. The summed E-state index contributed by atoms with van der Waals surface area (Å²) < 4.78 is 3.50. The van der Waals surface area contributed by atoms with Crippen molar-refractivity contribution in [2.75, 3.05) is 5.32 Å². The monoisotopic (exact) mass is 386 g/mol. The molecule has 3 heterocycles. The molecule has 1 fully saturated rings. The van der Waals surface area contributed by atoms with E-state index in [2.05, 4.69) is 26.6 Å². The lowest BCUT2D eigenvalue weighted by Crippen LogP contribution is -2.19. The molecule has 0 radical (unpaired) electrons. The molecule has 1 aliphatic carbocycles. The Balaban J connectivity index is 1.30. The number of aromatic nitrogens is 5. The summed E-state index contributed by atoms with van der Waals surface area (Å²) in [7, 11) is 0. The Kier molecular flexibility index (Phi) is 4.35. The van der Waals surface area contributed by atoms with Crippen molar-refractivity contribution in [2.45, 2.75) is 38.8 Å². The van der Waals surface area contributed by atoms with Crippen LogP contribution >= 0.6 is 0 Å². The first-order chi connectivity index (χ1) is 14.2. The third-order valence-electron chi connectivity index (χ3n) is 5.26. The zero-order valence-electron chi connectivity index (χ0n) is 16.2. The highest BCUT2D eigenvalue weighted by atomic mass is 16.2. The van der Waals surface area contributed by atoms with Gasteiger partial charge >= 0.3 is 0 Å². The molecule has 7 nitrogen and oxygen atoms in total. The van der Waals surface area contributed by atoms with Crippen LogP contribution in [0.2, 0.25) is 0 Å². The minimum absolute atomic E-state index is 0.120. The van der Waals surface area contributed by atoms with E-state index >= 15 is 0 Å². The van der Waals surface area contributed by atoms with Crippen LogP contribution in [-0.2, 0) is 17.9 Å². The van der Waals surface area contributed by atoms with E-state index in [1.807, 2.05) is 54.3 Å². The van der Waals surface area contributed by atoms with E-state index in [1.54, 1.807) is 10.9 Å². The Morgan fingerprint density at radius 3 is 2.83 bits per heavy atom. The second-order valence-electron chi connectivity index (χ2n) is 7.58. The number of hydrogen-bond acceptors (Lipinski definition) is 4. The van der Waals surface area contributed by atoms with Gasteiger partial charge in [-0.05, 0) is 42.9 Å². The van der Waals surface area contributed by atoms with Crippen molar-refractivity contribution < 1.29 is 4.79 Å². The molecule has 0 spiro atoms. The average molecular weight is 386 g/mol. The first-order valence-electron chi connectivity index (χ1n) is 9.85. The molecule has 3 aromatic heterocycles. The van der Waals surface area contributed by atoms with E-state index in [9.17, 15) is 4.79 Å². The molecule has 1 amide bonds. The maximum Gasteiger partial charge on any atom is 0.246 e. The smallest absolute Gasteiger partial charge is 0.246 e. The van der Waals surface area contributed by atoms with Gasteiger partial charge in [0.2, 0.25) is 5.91 Å². The van der Waals surface area contributed by atoms with E-state index < -0.39 is 0 Å². The lowest BCUT2D eigenvalue weighted by molar-refractivity contribution is -0.116. The molecule has 0 aliphatic heterocycles. The quantitative estimate of drug-likeness (QED) is 0.550. The van der Waals surface area contributed by atoms with Gasteiger partial charge in [0, 0.05) is 17.8 Å². The van der Waals surface area contributed by atoms with Crippen LogP contribution in [0.3, 0.4) is 0 Å². The minimum Gasteiger partial charge on any atom is -0.322 e. The Labute approximate surface area is 168 Å². The van der Waals surface area contributed by atoms with Crippen LogP contribution in [0.25, 0.3) is 11.0 Å². The van der Waals surface area contributed by atoms with E-state index in [1.165, 1.54) is 18.4 Å². The van der Waals surface area contributed by atoms with Crippen LogP contribution in [0.15, 0.2) is 55.0 Å². The lowest BCUT2D eigenvalue weighted by Gasteiger charge is -2.05. The van der Waals surface area contributed by atoms with Gasteiger partial charge in [-0.25, -0.2) is 9.67 Å². The third kappa shape index (κ3) is 3.63. The summed E-state index contributed by atoms with van der Waals surface area (Å²) >= 11 is 0. The van der Waals surface area contributed by atoms with Gasteiger partial charge in [0.05, 0.1) is 24.1 Å². The minimum atomic E-state index is -0.146. The molecule has 4 aromatic rings. The van der Waals surface area contributed by atoms with Crippen molar-refractivity contribution >= 4 is 22.6 Å². The summed E-state index contributed by atoms with van der Waals surface area (Å²) in [5.74, 6) is 0.466. The maximum absolute atomic E-state index is 12.6. The molecule has 0 bridgehead atoms. The predicted octanol–water partition coefficient (Wildman–Crippen LogP) is 3.50. The van der Waals surface area contributed by atoms with Gasteiger partial charge in [-0.1, -0.05) is 30.3 Å². The zero-order valence-corrected chi connectivity index (χ0v) is 16.2. The van der Waals surface area contributed by atoms with E-state index in [0.717, 1.165) is 22.3 Å². The molecule has 5 rings (SSSR count). The molecule has 0 unspecified atom stereocenters. The number of carbonyl (C=O) groups excluding carboxylic acids is 1. The predicted molar refractivity (Wildman–Crippen MR) is 111 cm³/mol. The number of aryl methyl sites for hydroxylation is 1. The maximum atomic E-state index is 12.6. The topological polar surface area (TPSA) is 77.6 Å². The summed E-state index contributed by atoms with van der Waals surface area (Å²) in [4.78, 5) is 17.1. The molecule has 1 N–H and O–H groups in total. The fraction of sp³-hybridized carbons (Fsp3) is 0.273. The van der Waals surface area contributed by atoms with Crippen molar-refractivity contribution in [2.24, 2.45) is 0 Å². The summed E-state index contributed by atoms with van der Waals surface area (Å²) in [6, 6.07) is 12.2. The summed E-state index contributed by atoms with van der Waals surface area (Å²) in [5.41, 5.74) is 4.84. The fourth-order valence-corrected chi connectivity index (χ4v) is 3.78. The number of nitrogens with one attached hydrogen (secondary N) is 1. The summed E-state index contributed by atoms with van der Waals surface area (Å²) in [6.07, 6.45) is 7.75. The molecular weight excluding hydrogens is 364 g/mol. The van der Waals surface area contributed by atoms with Gasteiger partial charge in [0.1, 0.15) is 6.54 Å². The van der Waals surface area contributed by atoms with Gasteiger partial charge in [0.25, 0.3) is 0 Å². The van der Waals surface area contributed by atoms with Crippen LogP contribution in [0.1, 0.15) is 35.6 Å². The highest BCUT2D eigenvalue weighted by molar-refractivity contribution is 5.91. The largest absolute Gasteiger partial charge is 0.322 e. The number of anilines is 1. The van der Waals surface area contributed by atoms with Gasteiger partial charge in [0.15, 0.2) is 5.65 Å². The van der Waals surface area contributed by atoms with Crippen molar-refractivity contribution in [3.8, 4) is 0 Å². The molecule has 146 valence electrons. The van der Waals surface area contributed by atoms with Crippen LogP contribution < -0.4 is 5.32 Å². The van der Waals surface area contributed by atoms with Crippen LogP contribution in [0.5, 0.6) is 0 Å². The molecule has 0 atom stereocenters. The van der Waals surface area contributed by atoms with Crippen LogP contribution in [-0.4, -0.2) is 30.5 Å². The first kappa shape index (κ1) is 17.6. The highest BCUT2D eigenvalue weighted by Gasteiger charge is 2.27. The normalized spacial score (nSPS) is 13.7. The standard InChI is InChI=1S/C22H22N6O/c1-15-21-19(17-7-8-17)9-10-23-22(21)28(26-15)14-20(29)25-18-11-24-27(13-18)12-16-5-3-2-4-6-16/h2-6,9-11,13,17H,7-8,12,14H2,1H3,(H,25,29). The fourth-order valence-electron chi connectivity index (χ4n) is 3.78. The Morgan fingerprint density at radius 2 is 2.03 bits per heavy atom. The summed E-state index contributed by atoms with van der Waals surface area (Å²) in [5, 5.41) is 12.9. The molecule has 1 saturated carbocycles. The van der Waals surface area contributed by atoms with Crippen LogP contribution in [0, 0.1) is 6.92 Å². The van der Waals surface area contributed by atoms with Crippen molar-refractivity contribution in [1.82, 2.24) is 24.5 Å². The number of nitrogens with zero attached hydrogens (tertiary/aromatic N) is 5. The van der Waals surface area contributed by atoms with Gasteiger partial charge in [-0.3, -0.25) is 9.48 Å². The Morgan fingerprint density at radius 1 is 1.21 bits per heavy atom. The molecular formula is C22H22N6O. The third-order valence-corrected chi connectivity index (χ3v) is 5.26. The number of pyridine rings is 1. The summed E-state index contributed by atoms with van der Waals surface area (Å²) in [6.45, 7) is 2.76. The number of carbonyl (C=O) groups is 1. The van der Waals surface area contributed by atoms with Gasteiger partial charge < -0.3 is 5.32 Å². The first-order valence-corrected chi connectivity index (χ1v) is 9.85. The van der Waals surface area contributed by atoms with E-state index in [0.29, 0.717) is 18.2 Å². The van der Waals surface area contributed by atoms with Crippen molar-refractivity contribution in [3.63, 3.8) is 0 Å². The number of rotatable bonds is 6. The van der Waals surface area contributed by atoms with E-state index in [4.69, 9.17) is 0 Å². The van der Waals surface area contributed by atoms with Crippen LogP contribution in [0.4, 0.5) is 5.69 Å². The second-order valence-corrected chi connectivity index (χ2v) is 7.58. The molecule has 1 aromatic carbocycles. The molecule has 29 heavy (non-hydrogen) atoms. The van der Waals surface area contributed by atoms with Crippen molar-refractivity contribution in [1.29, 1.82) is 0 Å².